The van der Waals surface area contributed by atoms with Gasteiger partial charge in [0.05, 0.1) is 0 Å². The van der Waals surface area contributed by atoms with Gasteiger partial charge >= 0.3 is 0 Å². The summed E-state index contributed by atoms with van der Waals surface area (Å²) in [5, 5.41) is 6.41. The van der Waals surface area contributed by atoms with Crippen LogP contribution in [-0.4, -0.2) is 32.7 Å². The molecule has 0 saturated carbocycles. The molecule has 1 aromatic carbocycles. The van der Waals surface area contributed by atoms with Crippen molar-refractivity contribution in [3.05, 3.63) is 29.3 Å². The van der Waals surface area contributed by atoms with Crippen molar-refractivity contribution in [2.45, 2.75) is 52.4 Å². The van der Waals surface area contributed by atoms with E-state index in [0.717, 1.165) is 6.42 Å². The molecule has 4 heteroatoms. The molecule has 1 aromatic rings. The van der Waals surface area contributed by atoms with E-state index in [1.165, 1.54) is 16.8 Å². The van der Waals surface area contributed by atoms with Crippen LogP contribution in [-0.2, 0) is 9.53 Å². The predicted octanol–water partition coefficient (Wildman–Crippen LogP) is 3.89. The van der Waals surface area contributed by atoms with Crippen LogP contribution in [0.3, 0.4) is 0 Å². The molecule has 0 aromatic heterocycles. The van der Waals surface area contributed by atoms with Gasteiger partial charge < -0.3 is 15.4 Å². The maximum absolute atomic E-state index is 11.8. The number of anilines is 1. The number of hydrogen-bond acceptors (Lipinski definition) is 3. The molecule has 0 aliphatic heterocycles. The standard InChI is InChI=1S/C19H32N2O2/c1-14(2)16-8-6-9-17(15(3)4)19(16)21-12-10-18(22)20-11-7-13-23-5/h6,8-9,14-15,21H,7,10-13H2,1-5H3,(H,20,22). The van der Waals surface area contributed by atoms with Crippen molar-refractivity contribution in [1.29, 1.82) is 0 Å². The minimum atomic E-state index is 0.0849. The second-order valence-corrected chi connectivity index (χ2v) is 6.49. The van der Waals surface area contributed by atoms with Gasteiger partial charge in [-0.1, -0.05) is 45.9 Å². The summed E-state index contributed by atoms with van der Waals surface area (Å²) >= 11 is 0. The minimum Gasteiger partial charge on any atom is -0.385 e. The number of nitrogens with one attached hydrogen (secondary N) is 2. The summed E-state index contributed by atoms with van der Waals surface area (Å²) in [6, 6.07) is 6.46. The summed E-state index contributed by atoms with van der Waals surface area (Å²) in [4.78, 5) is 11.8. The second kappa shape index (κ2) is 10.3. The number of carbonyl (C=O) groups is 1. The highest BCUT2D eigenvalue weighted by molar-refractivity contribution is 5.76. The Kier molecular flexibility index (Phi) is 8.70. The van der Waals surface area contributed by atoms with Crippen molar-refractivity contribution < 1.29 is 9.53 Å². The fraction of sp³-hybridized carbons (Fsp3) is 0.632. The first-order valence-corrected chi connectivity index (χ1v) is 8.59. The van der Waals surface area contributed by atoms with E-state index in [0.29, 0.717) is 38.0 Å². The lowest BCUT2D eigenvalue weighted by Crippen LogP contribution is -2.27. The van der Waals surface area contributed by atoms with Crippen molar-refractivity contribution in [3.63, 3.8) is 0 Å². The number of para-hydroxylation sites is 1. The van der Waals surface area contributed by atoms with Crippen LogP contribution in [0.5, 0.6) is 0 Å². The van der Waals surface area contributed by atoms with Crippen LogP contribution in [0.1, 0.15) is 63.5 Å². The highest BCUT2D eigenvalue weighted by atomic mass is 16.5. The molecule has 0 bridgehead atoms. The molecule has 0 radical (unpaired) electrons. The van der Waals surface area contributed by atoms with E-state index in [9.17, 15) is 4.79 Å². The van der Waals surface area contributed by atoms with Crippen LogP contribution in [0.2, 0.25) is 0 Å². The third-order valence-corrected chi connectivity index (χ3v) is 3.87. The Morgan fingerprint density at radius 3 is 2.22 bits per heavy atom. The monoisotopic (exact) mass is 320 g/mol. The Bertz CT molecular complexity index is 458. The number of rotatable bonds is 10. The summed E-state index contributed by atoms with van der Waals surface area (Å²) in [6.07, 6.45) is 1.33. The van der Waals surface area contributed by atoms with Crippen molar-refractivity contribution in [1.82, 2.24) is 5.32 Å². The van der Waals surface area contributed by atoms with Crippen LogP contribution in [0, 0.1) is 0 Å². The molecule has 0 heterocycles. The molecule has 0 spiro atoms. The maximum Gasteiger partial charge on any atom is 0.221 e. The number of hydrogen-bond donors (Lipinski definition) is 2. The van der Waals surface area contributed by atoms with Crippen molar-refractivity contribution in [3.8, 4) is 0 Å². The van der Waals surface area contributed by atoms with Gasteiger partial charge in [0.25, 0.3) is 0 Å². The van der Waals surface area contributed by atoms with E-state index in [4.69, 9.17) is 4.74 Å². The van der Waals surface area contributed by atoms with Crippen molar-refractivity contribution in [2.75, 3.05) is 32.1 Å². The number of ether oxygens (including phenoxy) is 1. The average Bonchev–Trinajstić information content (AvgIpc) is 2.51. The Hall–Kier alpha value is -1.55. The first kappa shape index (κ1) is 19.5. The van der Waals surface area contributed by atoms with E-state index in [2.05, 4.69) is 56.5 Å². The fourth-order valence-electron chi connectivity index (χ4n) is 2.59. The molecule has 130 valence electrons. The highest BCUT2D eigenvalue weighted by Gasteiger charge is 2.13. The zero-order chi connectivity index (χ0) is 17.2. The van der Waals surface area contributed by atoms with Gasteiger partial charge in [-0.25, -0.2) is 0 Å². The largest absolute Gasteiger partial charge is 0.385 e. The van der Waals surface area contributed by atoms with E-state index < -0.39 is 0 Å². The molecule has 0 fully saturated rings. The van der Waals surface area contributed by atoms with Gasteiger partial charge in [0, 0.05) is 38.9 Å². The van der Waals surface area contributed by atoms with E-state index >= 15 is 0 Å². The SMILES string of the molecule is COCCCNC(=O)CCNc1c(C(C)C)cccc1C(C)C. The molecule has 0 unspecified atom stereocenters. The third-order valence-electron chi connectivity index (χ3n) is 3.87. The molecule has 4 nitrogen and oxygen atoms in total. The molecular formula is C19H32N2O2. The lowest BCUT2D eigenvalue weighted by atomic mass is 9.92. The lowest BCUT2D eigenvalue weighted by Gasteiger charge is -2.20. The Morgan fingerprint density at radius 1 is 1.09 bits per heavy atom. The summed E-state index contributed by atoms with van der Waals surface area (Å²) in [7, 11) is 1.67. The molecule has 1 amide bonds. The predicted molar refractivity (Wildman–Crippen MR) is 97.2 cm³/mol. The van der Waals surface area contributed by atoms with Crippen LogP contribution in [0.4, 0.5) is 5.69 Å². The number of amides is 1. The summed E-state index contributed by atoms with van der Waals surface area (Å²) in [6.45, 7) is 10.8. The molecular weight excluding hydrogens is 288 g/mol. The van der Waals surface area contributed by atoms with Gasteiger partial charge in [-0.2, -0.15) is 0 Å². The van der Waals surface area contributed by atoms with Crippen LogP contribution >= 0.6 is 0 Å². The van der Waals surface area contributed by atoms with Gasteiger partial charge in [0.15, 0.2) is 0 Å². The normalized spacial score (nSPS) is 11.1. The van der Waals surface area contributed by atoms with Crippen molar-refractivity contribution in [2.24, 2.45) is 0 Å². The molecule has 0 aliphatic rings. The first-order chi connectivity index (χ1) is 11.0. The van der Waals surface area contributed by atoms with E-state index in [1.54, 1.807) is 7.11 Å². The van der Waals surface area contributed by atoms with E-state index in [-0.39, 0.29) is 5.91 Å². The first-order valence-electron chi connectivity index (χ1n) is 8.59. The quantitative estimate of drug-likeness (QED) is 0.643. The summed E-state index contributed by atoms with van der Waals surface area (Å²) in [5.41, 5.74) is 3.83. The second-order valence-electron chi connectivity index (χ2n) is 6.49. The minimum absolute atomic E-state index is 0.0849. The molecule has 0 saturated heterocycles. The molecule has 0 atom stereocenters. The van der Waals surface area contributed by atoms with Crippen LogP contribution in [0.25, 0.3) is 0 Å². The highest BCUT2D eigenvalue weighted by Crippen LogP contribution is 2.32. The summed E-state index contributed by atoms with van der Waals surface area (Å²) < 4.78 is 4.97. The Balaban J connectivity index is 2.58. The van der Waals surface area contributed by atoms with Crippen molar-refractivity contribution >= 4 is 11.6 Å². The van der Waals surface area contributed by atoms with Gasteiger partial charge in [-0.05, 0) is 29.4 Å². The topological polar surface area (TPSA) is 50.4 Å². The van der Waals surface area contributed by atoms with Gasteiger partial charge in [0.2, 0.25) is 5.91 Å². The zero-order valence-corrected chi connectivity index (χ0v) is 15.2. The van der Waals surface area contributed by atoms with E-state index in [1.807, 2.05) is 0 Å². The summed E-state index contributed by atoms with van der Waals surface area (Å²) in [5.74, 6) is 1.000. The fourth-order valence-corrected chi connectivity index (χ4v) is 2.59. The van der Waals surface area contributed by atoms with Crippen LogP contribution in [0.15, 0.2) is 18.2 Å². The number of carbonyl (C=O) groups excluding carboxylic acids is 1. The third kappa shape index (κ3) is 6.61. The number of benzene rings is 1. The average molecular weight is 320 g/mol. The van der Waals surface area contributed by atoms with Gasteiger partial charge in [-0.15, -0.1) is 0 Å². The smallest absolute Gasteiger partial charge is 0.221 e. The Labute approximate surface area is 141 Å². The van der Waals surface area contributed by atoms with Gasteiger partial charge in [0.1, 0.15) is 0 Å². The molecule has 2 N–H and O–H groups in total. The van der Waals surface area contributed by atoms with Gasteiger partial charge in [-0.3, -0.25) is 4.79 Å². The number of methoxy groups -OCH3 is 1. The molecule has 1 rings (SSSR count). The van der Waals surface area contributed by atoms with Crippen LogP contribution < -0.4 is 10.6 Å². The Morgan fingerprint density at radius 2 is 1.70 bits per heavy atom. The molecule has 0 aliphatic carbocycles. The zero-order valence-electron chi connectivity index (χ0n) is 15.2. The molecule has 23 heavy (non-hydrogen) atoms. The maximum atomic E-state index is 11.8. The lowest BCUT2D eigenvalue weighted by molar-refractivity contribution is -0.120.